The van der Waals surface area contributed by atoms with Crippen LogP contribution in [0.2, 0.25) is 0 Å². The number of hydrogen-bond donors (Lipinski definition) is 1. The maximum atomic E-state index is 13.3. The molecule has 4 rings (SSSR count). The molecule has 184 valence electrons. The van der Waals surface area contributed by atoms with E-state index in [0.29, 0.717) is 12.4 Å². The summed E-state index contributed by atoms with van der Waals surface area (Å²) in [4.78, 5) is 27.8. The fourth-order valence-electron chi connectivity index (χ4n) is 4.60. The summed E-state index contributed by atoms with van der Waals surface area (Å²) in [6.07, 6.45) is 2.01. The topological polar surface area (TPSA) is 85.7 Å². The fourth-order valence-corrected chi connectivity index (χ4v) is 5.83. The van der Waals surface area contributed by atoms with Gasteiger partial charge in [0.2, 0.25) is 11.8 Å². The third-order valence-electron chi connectivity index (χ3n) is 6.23. The van der Waals surface area contributed by atoms with E-state index in [1.165, 1.54) is 0 Å². The second kappa shape index (κ2) is 10.00. The lowest BCUT2D eigenvalue weighted by atomic mass is 9.87. The van der Waals surface area contributed by atoms with Gasteiger partial charge in [0.1, 0.15) is 18.1 Å². The van der Waals surface area contributed by atoms with Gasteiger partial charge < -0.3 is 14.8 Å². The summed E-state index contributed by atoms with van der Waals surface area (Å²) in [6, 6.07) is 7.89. The highest BCUT2D eigenvalue weighted by Gasteiger charge is 2.39. The minimum absolute atomic E-state index is 0.0500. The van der Waals surface area contributed by atoms with Gasteiger partial charge in [-0.1, -0.05) is 39.0 Å². The number of aryl methyl sites for hydroxylation is 1. The van der Waals surface area contributed by atoms with E-state index in [2.05, 4.69) is 26.1 Å². The lowest BCUT2D eigenvalue weighted by molar-refractivity contribution is -0.123. The number of benzene rings is 1. The van der Waals surface area contributed by atoms with Crippen molar-refractivity contribution < 1.29 is 19.1 Å². The van der Waals surface area contributed by atoms with Crippen LogP contribution in [-0.2, 0) is 26.8 Å². The van der Waals surface area contributed by atoms with Gasteiger partial charge in [0.15, 0.2) is 0 Å². The number of carbonyl (C=O) groups excluding carboxylic acids is 2. The van der Waals surface area contributed by atoms with E-state index in [1.807, 2.05) is 31.3 Å². The molecule has 2 aliphatic heterocycles. The van der Waals surface area contributed by atoms with Crippen LogP contribution in [0.5, 0.6) is 5.75 Å². The van der Waals surface area contributed by atoms with Gasteiger partial charge in [-0.3, -0.25) is 19.2 Å². The van der Waals surface area contributed by atoms with E-state index in [0.717, 1.165) is 42.0 Å². The molecule has 2 amide bonds. The average Bonchev–Trinajstić information content (AvgIpc) is 3.41. The molecule has 1 aromatic heterocycles. The van der Waals surface area contributed by atoms with Crippen molar-refractivity contribution in [3.8, 4) is 5.75 Å². The molecule has 0 bridgehead atoms. The number of aromatic nitrogens is 2. The number of rotatable bonds is 6. The van der Waals surface area contributed by atoms with E-state index in [1.54, 1.807) is 28.5 Å². The highest BCUT2D eigenvalue weighted by Crippen LogP contribution is 2.49. The molecule has 0 spiro atoms. The summed E-state index contributed by atoms with van der Waals surface area (Å²) >= 11 is 1.55. The molecule has 2 unspecified atom stereocenters. The first-order valence-corrected chi connectivity index (χ1v) is 12.8. The van der Waals surface area contributed by atoms with E-state index in [9.17, 15) is 9.59 Å². The van der Waals surface area contributed by atoms with Crippen LogP contribution in [0.15, 0.2) is 24.3 Å². The predicted octanol–water partition coefficient (Wildman–Crippen LogP) is 3.19. The van der Waals surface area contributed by atoms with Gasteiger partial charge in [-0.2, -0.15) is 5.10 Å². The number of carbonyl (C=O) groups is 2. The first kappa shape index (κ1) is 24.6. The fraction of sp³-hybridized carbons (Fsp3) is 0.560. The molecule has 0 radical (unpaired) electrons. The smallest absolute Gasteiger partial charge is 0.240 e. The number of amides is 2. The van der Waals surface area contributed by atoms with Gasteiger partial charge in [-0.05, 0) is 18.9 Å². The summed E-state index contributed by atoms with van der Waals surface area (Å²) in [5.41, 5.74) is 2.61. The Morgan fingerprint density at radius 1 is 1.32 bits per heavy atom. The summed E-state index contributed by atoms with van der Waals surface area (Å²) in [7, 11) is 3.50. The molecule has 2 aliphatic rings. The van der Waals surface area contributed by atoms with Crippen LogP contribution in [0.3, 0.4) is 0 Å². The van der Waals surface area contributed by atoms with Gasteiger partial charge in [0, 0.05) is 36.7 Å². The van der Waals surface area contributed by atoms with Crippen molar-refractivity contribution in [3.63, 3.8) is 0 Å². The number of nitrogens with one attached hydrogen (secondary N) is 1. The van der Waals surface area contributed by atoms with Crippen LogP contribution in [0.4, 0.5) is 5.82 Å². The minimum Gasteiger partial charge on any atom is -0.496 e. The van der Waals surface area contributed by atoms with Crippen molar-refractivity contribution in [1.82, 2.24) is 15.1 Å². The summed E-state index contributed by atoms with van der Waals surface area (Å²) in [6.45, 7) is 7.49. The van der Waals surface area contributed by atoms with E-state index in [4.69, 9.17) is 14.6 Å². The number of anilines is 1. The van der Waals surface area contributed by atoms with Gasteiger partial charge in [-0.15, -0.1) is 11.8 Å². The molecule has 34 heavy (non-hydrogen) atoms. The Balaban J connectivity index is 1.73. The quantitative estimate of drug-likeness (QED) is 0.675. The normalized spacial score (nSPS) is 20.7. The van der Waals surface area contributed by atoms with Crippen molar-refractivity contribution in [2.45, 2.75) is 50.4 Å². The van der Waals surface area contributed by atoms with Crippen LogP contribution >= 0.6 is 11.8 Å². The Morgan fingerprint density at radius 3 is 2.76 bits per heavy atom. The van der Waals surface area contributed by atoms with Gasteiger partial charge in [0.05, 0.1) is 29.9 Å². The summed E-state index contributed by atoms with van der Waals surface area (Å²) in [5.74, 6) is 1.38. The molecule has 9 heteroatoms. The lowest BCUT2D eigenvalue weighted by Gasteiger charge is -2.25. The molecule has 3 heterocycles. The number of ether oxygens (including phenoxy) is 2. The molecule has 1 fully saturated rings. The third kappa shape index (κ3) is 4.95. The van der Waals surface area contributed by atoms with Gasteiger partial charge in [0.25, 0.3) is 0 Å². The molecule has 2 atom stereocenters. The molecular weight excluding hydrogens is 452 g/mol. The number of nitrogens with zero attached hydrogens (tertiary/aromatic N) is 3. The monoisotopic (exact) mass is 486 g/mol. The highest BCUT2D eigenvalue weighted by atomic mass is 32.2. The zero-order chi connectivity index (χ0) is 24.5. The number of hydrogen-bond acceptors (Lipinski definition) is 6. The van der Waals surface area contributed by atoms with E-state index in [-0.39, 0.29) is 40.9 Å². The van der Waals surface area contributed by atoms with Crippen LogP contribution < -0.4 is 15.0 Å². The van der Waals surface area contributed by atoms with Crippen molar-refractivity contribution in [2.24, 2.45) is 7.05 Å². The molecule has 1 aromatic carbocycles. The summed E-state index contributed by atoms with van der Waals surface area (Å²) < 4.78 is 13.0. The van der Waals surface area contributed by atoms with Crippen LogP contribution in [-0.4, -0.2) is 60.3 Å². The molecule has 0 aliphatic carbocycles. The predicted molar refractivity (Wildman–Crippen MR) is 134 cm³/mol. The Hall–Kier alpha value is -2.52. The van der Waals surface area contributed by atoms with Crippen molar-refractivity contribution in [3.05, 3.63) is 41.1 Å². The second-order valence-corrected chi connectivity index (χ2v) is 10.9. The number of para-hydroxylation sites is 1. The second-order valence-electron chi connectivity index (χ2n) is 9.81. The van der Waals surface area contributed by atoms with Crippen LogP contribution in [0.25, 0.3) is 0 Å². The summed E-state index contributed by atoms with van der Waals surface area (Å²) in [5, 5.41) is 7.65. The van der Waals surface area contributed by atoms with E-state index < -0.39 is 0 Å². The molecule has 1 N–H and O–H groups in total. The van der Waals surface area contributed by atoms with Gasteiger partial charge in [-0.25, -0.2) is 0 Å². The molecule has 0 saturated carbocycles. The Kier molecular flexibility index (Phi) is 7.23. The van der Waals surface area contributed by atoms with Crippen molar-refractivity contribution in [1.29, 1.82) is 0 Å². The molecular formula is C25H34N4O4S. The molecule has 8 nitrogen and oxygen atoms in total. The van der Waals surface area contributed by atoms with Crippen LogP contribution in [0, 0.1) is 0 Å². The maximum Gasteiger partial charge on any atom is 0.240 e. The number of methoxy groups -OCH3 is 1. The van der Waals surface area contributed by atoms with Crippen molar-refractivity contribution in [2.75, 3.05) is 37.5 Å². The standard InChI is InChI=1S/C25H34N4O4S/c1-25(2,3)23-21-22(17-10-6-7-11-18(17)32-5)34-15-20(31)29(24(21)28(4)27-23)14-19(30)26-13-16-9-8-12-33-16/h6-7,10-11,16,22H,8-9,12-15H2,1-5H3,(H,26,30). The molecule has 1 saturated heterocycles. The SMILES string of the molecule is COc1ccccc1C1SCC(=O)N(CC(=O)NCC2CCCO2)c2c1c(C(C)(C)C)nn2C. The first-order chi connectivity index (χ1) is 16.2. The highest BCUT2D eigenvalue weighted by molar-refractivity contribution is 8.00. The minimum atomic E-state index is -0.257. The van der Waals surface area contributed by atoms with Crippen LogP contribution in [0.1, 0.15) is 55.7 Å². The third-order valence-corrected chi connectivity index (χ3v) is 7.47. The zero-order valence-corrected chi connectivity index (χ0v) is 21.4. The Bertz CT molecular complexity index is 1060. The van der Waals surface area contributed by atoms with Crippen molar-refractivity contribution >= 4 is 29.4 Å². The number of fused-ring (bicyclic) bond motifs is 1. The first-order valence-electron chi connectivity index (χ1n) is 11.7. The lowest BCUT2D eigenvalue weighted by Crippen LogP contribution is -2.44. The Labute approximate surface area is 205 Å². The maximum absolute atomic E-state index is 13.3. The van der Waals surface area contributed by atoms with E-state index >= 15 is 0 Å². The van der Waals surface area contributed by atoms with Gasteiger partial charge >= 0.3 is 0 Å². The zero-order valence-electron chi connectivity index (χ0n) is 20.6. The number of thioether (sulfide) groups is 1. The average molecular weight is 487 g/mol. The largest absolute Gasteiger partial charge is 0.496 e. The Morgan fingerprint density at radius 2 is 2.09 bits per heavy atom. The molecule has 2 aromatic rings.